The van der Waals surface area contributed by atoms with Crippen LogP contribution in [0.3, 0.4) is 0 Å². The monoisotopic (exact) mass is 271 g/mol. The number of sulfonamides is 1. The van der Waals surface area contributed by atoms with Gasteiger partial charge in [0.2, 0.25) is 0 Å². The maximum Gasteiger partial charge on any atom is 0.263 e. The van der Waals surface area contributed by atoms with E-state index >= 15 is 0 Å². The van der Waals surface area contributed by atoms with Gasteiger partial charge in [0.1, 0.15) is 5.82 Å². The number of halogens is 1. The van der Waals surface area contributed by atoms with Gasteiger partial charge in [0, 0.05) is 11.1 Å². The summed E-state index contributed by atoms with van der Waals surface area (Å²) >= 11 is 5.89. The van der Waals surface area contributed by atoms with Crippen molar-refractivity contribution in [2.45, 2.75) is 11.8 Å². The van der Waals surface area contributed by atoms with Crippen LogP contribution in [0.4, 0.5) is 5.82 Å². The Hall–Kier alpha value is -1.53. The highest BCUT2D eigenvalue weighted by Gasteiger charge is 2.18. The van der Waals surface area contributed by atoms with E-state index in [1.165, 1.54) is 18.3 Å². The van der Waals surface area contributed by atoms with E-state index < -0.39 is 10.0 Å². The molecule has 17 heavy (non-hydrogen) atoms. The van der Waals surface area contributed by atoms with Crippen molar-refractivity contribution in [3.8, 4) is 0 Å². The first kappa shape index (κ1) is 11.9. The predicted octanol–water partition coefficient (Wildman–Crippen LogP) is 2.17. The van der Waals surface area contributed by atoms with Crippen molar-refractivity contribution in [3.63, 3.8) is 0 Å². The first-order valence-corrected chi connectivity index (χ1v) is 6.64. The van der Waals surface area contributed by atoms with Gasteiger partial charge in [0.25, 0.3) is 10.0 Å². The Morgan fingerprint density at radius 3 is 2.76 bits per heavy atom. The SMILES string of the molecule is Cc1c(Cl)cccc1S(=O)(=O)Nc1ccn[nH]1. The second kappa shape index (κ2) is 4.38. The minimum Gasteiger partial charge on any atom is -0.264 e. The minimum atomic E-state index is -3.64. The molecule has 0 atom stereocenters. The number of H-pyrrole nitrogens is 1. The molecule has 7 heteroatoms. The topological polar surface area (TPSA) is 74.8 Å². The Morgan fingerprint density at radius 2 is 2.12 bits per heavy atom. The lowest BCUT2D eigenvalue weighted by Gasteiger charge is -2.09. The molecule has 0 saturated carbocycles. The van der Waals surface area contributed by atoms with E-state index in [9.17, 15) is 8.42 Å². The number of hydrogen-bond acceptors (Lipinski definition) is 3. The average Bonchev–Trinajstić information content (AvgIpc) is 2.73. The standard InChI is InChI=1S/C10H10ClN3O2S/c1-7-8(11)3-2-4-9(7)17(15,16)14-10-5-6-12-13-10/h2-6H,1H3,(H2,12,13,14). The van der Waals surface area contributed by atoms with Crippen LogP contribution in [0.15, 0.2) is 35.4 Å². The Morgan fingerprint density at radius 1 is 1.35 bits per heavy atom. The number of aromatic nitrogens is 2. The van der Waals surface area contributed by atoms with Crippen molar-refractivity contribution in [2.75, 3.05) is 4.72 Å². The largest absolute Gasteiger partial charge is 0.264 e. The molecule has 0 amide bonds. The fourth-order valence-corrected chi connectivity index (χ4v) is 2.91. The number of rotatable bonds is 3. The lowest BCUT2D eigenvalue weighted by Crippen LogP contribution is -2.14. The molecule has 1 aromatic heterocycles. The molecule has 2 rings (SSSR count). The highest BCUT2D eigenvalue weighted by Crippen LogP contribution is 2.24. The number of anilines is 1. The van der Waals surface area contributed by atoms with Gasteiger partial charge in [-0.25, -0.2) is 8.42 Å². The molecule has 0 aliphatic carbocycles. The first-order chi connectivity index (χ1) is 8.00. The Labute approximate surface area is 104 Å². The zero-order chi connectivity index (χ0) is 12.5. The summed E-state index contributed by atoms with van der Waals surface area (Å²) in [7, 11) is -3.64. The van der Waals surface area contributed by atoms with Crippen LogP contribution in [-0.2, 0) is 10.0 Å². The van der Waals surface area contributed by atoms with Crippen LogP contribution in [0.25, 0.3) is 0 Å². The van der Waals surface area contributed by atoms with Gasteiger partial charge in [-0.15, -0.1) is 0 Å². The molecule has 2 N–H and O–H groups in total. The third-order valence-corrected chi connectivity index (χ3v) is 4.17. The van der Waals surface area contributed by atoms with Crippen LogP contribution in [0.5, 0.6) is 0 Å². The Kier molecular flexibility index (Phi) is 3.08. The first-order valence-electron chi connectivity index (χ1n) is 4.78. The van der Waals surface area contributed by atoms with Crippen molar-refractivity contribution >= 4 is 27.4 Å². The summed E-state index contributed by atoms with van der Waals surface area (Å²) in [6.07, 6.45) is 1.46. The molecular formula is C10H10ClN3O2S. The van der Waals surface area contributed by atoms with Gasteiger partial charge >= 0.3 is 0 Å². The third kappa shape index (κ3) is 2.42. The Balaban J connectivity index is 2.42. The van der Waals surface area contributed by atoms with Crippen LogP contribution in [0, 0.1) is 6.92 Å². The highest BCUT2D eigenvalue weighted by molar-refractivity contribution is 7.92. The van der Waals surface area contributed by atoms with Crippen molar-refractivity contribution in [1.82, 2.24) is 10.2 Å². The molecular weight excluding hydrogens is 262 g/mol. The van der Waals surface area contributed by atoms with E-state index in [2.05, 4.69) is 14.9 Å². The predicted molar refractivity (Wildman–Crippen MR) is 65.6 cm³/mol. The van der Waals surface area contributed by atoms with Gasteiger partial charge in [0.15, 0.2) is 0 Å². The molecule has 1 heterocycles. The second-order valence-electron chi connectivity index (χ2n) is 3.44. The molecule has 0 fully saturated rings. The molecule has 0 aliphatic rings. The second-order valence-corrected chi connectivity index (χ2v) is 5.50. The van der Waals surface area contributed by atoms with Crippen LogP contribution in [-0.4, -0.2) is 18.6 Å². The molecule has 0 unspecified atom stereocenters. The molecule has 0 bridgehead atoms. The maximum absolute atomic E-state index is 12.1. The summed E-state index contributed by atoms with van der Waals surface area (Å²) < 4.78 is 26.5. The highest BCUT2D eigenvalue weighted by atomic mass is 35.5. The van der Waals surface area contributed by atoms with E-state index in [0.717, 1.165) is 0 Å². The zero-order valence-electron chi connectivity index (χ0n) is 8.94. The van der Waals surface area contributed by atoms with Gasteiger partial charge in [-0.3, -0.25) is 9.82 Å². The van der Waals surface area contributed by atoms with Crippen LogP contribution in [0.1, 0.15) is 5.56 Å². The summed E-state index contributed by atoms with van der Waals surface area (Å²) in [5.41, 5.74) is 0.515. The summed E-state index contributed by atoms with van der Waals surface area (Å²) in [4.78, 5) is 0.152. The number of aromatic amines is 1. The molecule has 1 aromatic carbocycles. The molecule has 90 valence electrons. The molecule has 0 spiro atoms. The van der Waals surface area contributed by atoms with Gasteiger partial charge in [-0.2, -0.15) is 5.10 Å². The maximum atomic E-state index is 12.1. The van der Waals surface area contributed by atoms with Crippen LogP contribution >= 0.6 is 11.6 Å². The number of nitrogens with zero attached hydrogens (tertiary/aromatic N) is 1. The van der Waals surface area contributed by atoms with Gasteiger partial charge < -0.3 is 0 Å². The fraction of sp³-hybridized carbons (Fsp3) is 0.100. The van der Waals surface area contributed by atoms with Crippen molar-refractivity contribution in [2.24, 2.45) is 0 Å². The van der Waals surface area contributed by atoms with Crippen molar-refractivity contribution in [3.05, 3.63) is 41.0 Å². The third-order valence-electron chi connectivity index (χ3n) is 2.25. The zero-order valence-corrected chi connectivity index (χ0v) is 10.5. The molecule has 5 nitrogen and oxygen atoms in total. The van der Waals surface area contributed by atoms with Crippen molar-refractivity contribution < 1.29 is 8.42 Å². The van der Waals surface area contributed by atoms with Gasteiger partial charge in [-0.05, 0) is 24.6 Å². The summed E-state index contributed by atoms with van der Waals surface area (Å²) in [6, 6.07) is 6.26. The quantitative estimate of drug-likeness (QED) is 0.898. The number of benzene rings is 1. The van der Waals surface area contributed by atoms with Crippen LogP contribution < -0.4 is 4.72 Å². The molecule has 2 aromatic rings. The minimum absolute atomic E-state index is 0.152. The van der Waals surface area contributed by atoms with Gasteiger partial charge in [-0.1, -0.05) is 17.7 Å². The molecule has 0 radical (unpaired) electrons. The van der Waals surface area contributed by atoms with Crippen LogP contribution in [0.2, 0.25) is 5.02 Å². The van der Waals surface area contributed by atoms with E-state index in [-0.39, 0.29) is 4.90 Å². The average molecular weight is 272 g/mol. The van der Waals surface area contributed by atoms with E-state index in [0.29, 0.717) is 16.4 Å². The normalized spacial score (nSPS) is 11.4. The number of hydrogen-bond donors (Lipinski definition) is 2. The van der Waals surface area contributed by atoms with E-state index in [4.69, 9.17) is 11.6 Å². The smallest absolute Gasteiger partial charge is 0.263 e. The summed E-state index contributed by atoms with van der Waals surface area (Å²) in [5.74, 6) is 0.310. The summed E-state index contributed by atoms with van der Waals surface area (Å²) in [5, 5.41) is 6.60. The molecule has 0 saturated heterocycles. The Bertz CT molecular complexity index is 623. The van der Waals surface area contributed by atoms with E-state index in [1.54, 1.807) is 19.1 Å². The lowest BCUT2D eigenvalue weighted by molar-refractivity contribution is 0.600. The van der Waals surface area contributed by atoms with Crippen molar-refractivity contribution in [1.29, 1.82) is 0 Å². The summed E-state index contributed by atoms with van der Waals surface area (Å²) in [6.45, 7) is 1.66. The molecule has 0 aliphatic heterocycles. The van der Waals surface area contributed by atoms with E-state index in [1.807, 2.05) is 0 Å². The fourth-order valence-electron chi connectivity index (χ4n) is 1.39. The number of nitrogens with one attached hydrogen (secondary N) is 2. The van der Waals surface area contributed by atoms with Gasteiger partial charge in [0.05, 0.1) is 11.1 Å². The lowest BCUT2D eigenvalue weighted by atomic mass is 10.2.